The Labute approximate surface area is 129 Å². The third-order valence-electron chi connectivity index (χ3n) is 3.59. The number of carbonyl (C=O) groups excluding carboxylic acids is 2. The topological polar surface area (TPSA) is 78.4 Å². The summed E-state index contributed by atoms with van der Waals surface area (Å²) in [5.41, 5.74) is -0.571. The summed E-state index contributed by atoms with van der Waals surface area (Å²) >= 11 is 5.73. The summed E-state index contributed by atoms with van der Waals surface area (Å²) in [6, 6.07) is 6.43. The lowest BCUT2D eigenvalue weighted by molar-refractivity contribution is -0.137. The van der Waals surface area contributed by atoms with Crippen LogP contribution in [0.5, 0.6) is 0 Å². The van der Waals surface area contributed by atoms with Gasteiger partial charge in [0.15, 0.2) is 0 Å². The third-order valence-corrected chi connectivity index (χ3v) is 3.84. The Balaban J connectivity index is 2.52. The second kappa shape index (κ2) is 7.43. The molecule has 0 aromatic heterocycles. The van der Waals surface area contributed by atoms with Crippen molar-refractivity contribution in [3.05, 3.63) is 29.3 Å². The van der Waals surface area contributed by atoms with Gasteiger partial charge in [-0.05, 0) is 37.1 Å². The number of hydrogen-bond donors (Lipinski definition) is 3. The Hall–Kier alpha value is -1.59. The summed E-state index contributed by atoms with van der Waals surface area (Å²) < 4.78 is 0. The zero-order valence-corrected chi connectivity index (χ0v) is 13.2. The molecule has 2 amide bonds. The van der Waals surface area contributed by atoms with Crippen molar-refractivity contribution in [3.63, 3.8) is 0 Å². The largest absolute Gasteiger partial charge is 0.388 e. The fourth-order valence-electron chi connectivity index (χ4n) is 1.67. The SMILES string of the molecule is CC[C@@H](C)[C@@](C)(O)CNC(=O)C(=O)Nc1ccc(Cl)cc1. The van der Waals surface area contributed by atoms with Crippen LogP contribution in [0, 0.1) is 5.92 Å². The highest BCUT2D eigenvalue weighted by Crippen LogP contribution is 2.18. The van der Waals surface area contributed by atoms with Crippen LogP contribution in [0.3, 0.4) is 0 Å². The predicted molar refractivity (Wildman–Crippen MR) is 83.2 cm³/mol. The first kappa shape index (κ1) is 17.5. The molecule has 1 aromatic rings. The zero-order valence-electron chi connectivity index (χ0n) is 12.4. The number of carbonyl (C=O) groups is 2. The molecule has 0 unspecified atom stereocenters. The van der Waals surface area contributed by atoms with Gasteiger partial charge in [0.25, 0.3) is 0 Å². The fourth-order valence-corrected chi connectivity index (χ4v) is 1.80. The van der Waals surface area contributed by atoms with Crippen molar-refractivity contribution < 1.29 is 14.7 Å². The number of hydrogen-bond acceptors (Lipinski definition) is 3. The molecule has 0 bridgehead atoms. The minimum absolute atomic E-state index is 0.0112. The van der Waals surface area contributed by atoms with Gasteiger partial charge in [-0.25, -0.2) is 0 Å². The molecule has 2 atom stereocenters. The van der Waals surface area contributed by atoms with Gasteiger partial charge in [-0.15, -0.1) is 0 Å². The monoisotopic (exact) mass is 312 g/mol. The first-order valence-corrected chi connectivity index (χ1v) is 7.21. The molecule has 0 fully saturated rings. The lowest BCUT2D eigenvalue weighted by Gasteiger charge is -2.29. The Kier molecular flexibility index (Phi) is 6.18. The van der Waals surface area contributed by atoms with E-state index in [9.17, 15) is 14.7 Å². The number of halogens is 1. The molecule has 0 saturated carbocycles. The van der Waals surface area contributed by atoms with Gasteiger partial charge in [-0.1, -0.05) is 31.9 Å². The van der Waals surface area contributed by atoms with Gasteiger partial charge in [0, 0.05) is 17.3 Å². The first-order chi connectivity index (χ1) is 9.76. The second-order valence-corrected chi connectivity index (χ2v) is 5.75. The molecule has 0 saturated heterocycles. The molecular formula is C15H21ClN2O3. The Morgan fingerprint density at radius 3 is 2.38 bits per heavy atom. The molecule has 1 aromatic carbocycles. The van der Waals surface area contributed by atoms with Gasteiger partial charge in [-0.2, -0.15) is 0 Å². The molecule has 0 aliphatic carbocycles. The highest BCUT2D eigenvalue weighted by atomic mass is 35.5. The van der Waals surface area contributed by atoms with Crippen LogP contribution in [-0.2, 0) is 9.59 Å². The molecule has 3 N–H and O–H groups in total. The molecular weight excluding hydrogens is 292 g/mol. The fraction of sp³-hybridized carbons (Fsp3) is 0.467. The van der Waals surface area contributed by atoms with Crippen LogP contribution in [-0.4, -0.2) is 29.1 Å². The number of rotatable bonds is 5. The summed E-state index contributed by atoms with van der Waals surface area (Å²) in [4.78, 5) is 23.4. The van der Waals surface area contributed by atoms with Gasteiger partial charge >= 0.3 is 11.8 Å². The van der Waals surface area contributed by atoms with E-state index in [0.717, 1.165) is 6.42 Å². The quantitative estimate of drug-likeness (QED) is 0.729. The zero-order chi connectivity index (χ0) is 16.0. The number of amides is 2. The van der Waals surface area contributed by atoms with Crippen molar-refractivity contribution in [3.8, 4) is 0 Å². The number of aliphatic hydroxyl groups is 1. The highest BCUT2D eigenvalue weighted by molar-refractivity contribution is 6.39. The number of benzene rings is 1. The highest BCUT2D eigenvalue weighted by Gasteiger charge is 2.28. The minimum atomic E-state index is -1.05. The van der Waals surface area contributed by atoms with Crippen molar-refractivity contribution in [1.29, 1.82) is 0 Å². The Morgan fingerprint density at radius 1 is 1.29 bits per heavy atom. The normalized spacial score (nSPS) is 14.9. The number of nitrogens with one attached hydrogen (secondary N) is 2. The first-order valence-electron chi connectivity index (χ1n) is 6.83. The average molecular weight is 313 g/mol. The van der Waals surface area contributed by atoms with Crippen LogP contribution < -0.4 is 10.6 Å². The molecule has 0 aliphatic rings. The van der Waals surface area contributed by atoms with Crippen molar-refractivity contribution in [1.82, 2.24) is 5.32 Å². The molecule has 21 heavy (non-hydrogen) atoms. The van der Waals surface area contributed by atoms with Gasteiger partial charge < -0.3 is 15.7 Å². The maximum absolute atomic E-state index is 11.7. The summed E-state index contributed by atoms with van der Waals surface area (Å²) in [6.45, 7) is 5.50. The van der Waals surface area contributed by atoms with E-state index in [-0.39, 0.29) is 12.5 Å². The molecule has 116 valence electrons. The minimum Gasteiger partial charge on any atom is -0.388 e. The van der Waals surface area contributed by atoms with E-state index in [2.05, 4.69) is 10.6 Å². The predicted octanol–water partition coefficient (Wildman–Crippen LogP) is 2.19. The van der Waals surface area contributed by atoms with Gasteiger partial charge in [0.05, 0.1) is 5.60 Å². The summed E-state index contributed by atoms with van der Waals surface area (Å²) in [5, 5.41) is 15.6. The standard InChI is InChI=1S/C15H21ClN2O3/c1-4-10(2)15(3,21)9-17-13(19)14(20)18-12-7-5-11(16)6-8-12/h5-8,10,21H,4,9H2,1-3H3,(H,17,19)(H,18,20)/t10-,15+/m1/s1. The molecule has 0 spiro atoms. The summed E-state index contributed by atoms with van der Waals surface area (Å²) in [5.74, 6) is -1.55. The van der Waals surface area contributed by atoms with Crippen LogP contribution in [0.15, 0.2) is 24.3 Å². The van der Waals surface area contributed by atoms with Crippen LogP contribution in [0.1, 0.15) is 27.2 Å². The maximum Gasteiger partial charge on any atom is 0.313 e. The van der Waals surface area contributed by atoms with E-state index >= 15 is 0 Å². The lowest BCUT2D eigenvalue weighted by Crippen LogP contribution is -2.47. The molecule has 6 heteroatoms. The van der Waals surface area contributed by atoms with Gasteiger partial charge in [-0.3, -0.25) is 9.59 Å². The Bertz CT molecular complexity index is 500. The van der Waals surface area contributed by atoms with E-state index in [1.54, 1.807) is 31.2 Å². The van der Waals surface area contributed by atoms with Gasteiger partial charge in [0.1, 0.15) is 0 Å². The maximum atomic E-state index is 11.7. The van der Waals surface area contributed by atoms with Crippen molar-refractivity contribution in [2.75, 3.05) is 11.9 Å². The van der Waals surface area contributed by atoms with E-state index < -0.39 is 17.4 Å². The van der Waals surface area contributed by atoms with Crippen LogP contribution in [0.4, 0.5) is 5.69 Å². The van der Waals surface area contributed by atoms with Crippen molar-refractivity contribution in [2.45, 2.75) is 32.8 Å². The smallest absolute Gasteiger partial charge is 0.313 e. The van der Waals surface area contributed by atoms with Crippen LogP contribution in [0.2, 0.25) is 5.02 Å². The second-order valence-electron chi connectivity index (χ2n) is 5.31. The van der Waals surface area contributed by atoms with Gasteiger partial charge in [0.2, 0.25) is 0 Å². The van der Waals surface area contributed by atoms with E-state index in [0.29, 0.717) is 10.7 Å². The third kappa shape index (κ3) is 5.36. The Morgan fingerprint density at radius 2 is 1.86 bits per heavy atom. The van der Waals surface area contributed by atoms with Crippen molar-refractivity contribution in [2.24, 2.45) is 5.92 Å². The van der Waals surface area contributed by atoms with Crippen molar-refractivity contribution >= 4 is 29.1 Å². The summed E-state index contributed by atoms with van der Waals surface area (Å²) in [6.07, 6.45) is 0.778. The van der Waals surface area contributed by atoms with E-state index in [4.69, 9.17) is 11.6 Å². The average Bonchev–Trinajstić information content (AvgIpc) is 2.46. The van der Waals surface area contributed by atoms with E-state index in [1.165, 1.54) is 0 Å². The molecule has 5 nitrogen and oxygen atoms in total. The van der Waals surface area contributed by atoms with E-state index in [1.807, 2.05) is 13.8 Å². The number of anilines is 1. The molecule has 0 aliphatic heterocycles. The van der Waals surface area contributed by atoms with Crippen LogP contribution in [0.25, 0.3) is 0 Å². The molecule has 0 heterocycles. The van der Waals surface area contributed by atoms with Crippen LogP contribution >= 0.6 is 11.6 Å². The molecule has 0 radical (unpaired) electrons. The summed E-state index contributed by atoms with van der Waals surface area (Å²) in [7, 11) is 0. The molecule has 1 rings (SSSR count). The lowest BCUT2D eigenvalue weighted by atomic mass is 9.89.